The highest BCUT2D eigenvalue weighted by Crippen LogP contribution is 2.31. The molecule has 1 aliphatic rings. The van der Waals surface area contributed by atoms with Crippen LogP contribution < -0.4 is 0 Å². The highest BCUT2D eigenvalue weighted by Gasteiger charge is 2.38. The lowest BCUT2D eigenvalue weighted by molar-refractivity contribution is -0.118. The molecule has 2 heterocycles. The van der Waals surface area contributed by atoms with Gasteiger partial charge in [-0.2, -0.15) is 4.31 Å². The molecule has 4 rings (SSSR count). The Kier molecular flexibility index (Phi) is 5.57. The van der Waals surface area contributed by atoms with Crippen LogP contribution in [0.15, 0.2) is 89.6 Å². The predicted molar refractivity (Wildman–Crippen MR) is 112 cm³/mol. The van der Waals surface area contributed by atoms with Gasteiger partial charge in [0.15, 0.2) is 5.78 Å². The van der Waals surface area contributed by atoms with Crippen LogP contribution in [0.5, 0.6) is 0 Å². The van der Waals surface area contributed by atoms with Gasteiger partial charge in [0, 0.05) is 36.6 Å². The first-order chi connectivity index (χ1) is 14.5. The largest absolute Gasteiger partial charge is 0.294 e. The Morgan fingerprint density at radius 2 is 1.63 bits per heavy atom. The maximum atomic E-state index is 14.2. The summed E-state index contributed by atoms with van der Waals surface area (Å²) in [4.78, 5) is 17.3. The maximum Gasteiger partial charge on any atom is 0.243 e. The molecular weight excluding hydrogens is 403 g/mol. The fourth-order valence-electron chi connectivity index (χ4n) is 3.52. The summed E-state index contributed by atoms with van der Waals surface area (Å²) < 4.78 is 41.9. The van der Waals surface area contributed by atoms with E-state index in [2.05, 4.69) is 4.98 Å². The lowest BCUT2D eigenvalue weighted by Crippen LogP contribution is -2.44. The fraction of sp³-hybridized carbons (Fsp3) is 0.130. The summed E-state index contributed by atoms with van der Waals surface area (Å²) in [5, 5.41) is 0. The molecule has 3 aromatic rings. The number of benzene rings is 2. The molecule has 0 spiro atoms. The van der Waals surface area contributed by atoms with Crippen LogP contribution in [-0.4, -0.2) is 36.6 Å². The molecule has 0 aliphatic carbocycles. The SMILES string of the molecule is O=C1C(=Cc2ccccc2F)CN(S(=O)(=O)c2ccccc2)CC1c1ccncc1. The topological polar surface area (TPSA) is 67.3 Å². The second kappa shape index (κ2) is 8.30. The highest BCUT2D eigenvalue weighted by molar-refractivity contribution is 7.89. The number of hydrogen-bond acceptors (Lipinski definition) is 4. The van der Waals surface area contributed by atoms with Gasteiger partial charge >= 0.3 is 0 Å². The normalized spacial score (nSPS) is 19.2. The number of aromatic nitrogens is 1. The van der Waals surface area contributed by atoms with Gasteiger partial charge in [-0.3, -0.25) is 9.78 Å². The molecule has 0 amide bonds. The number of piperidine rings is 1. The van der Waals surface area contributed by atoms with E-state index in [1.165, 1.54) is 28.6 Å². The summed E-state index contributed by atoms with van der Waals surface area (Å²) in [5.74, 6) is -1.39. The zero-order valence-corrected chi connectivity index (χ0v) is 16.8. The molecule has 1 unspecified atom stereocenters. The van der Waals surface area contributed by atoms with E-state index in [0.717, 1.165) is 0 Å². The Balaban J connectivity index is 1.79. The van der Waals surface area contributed by atoms with Crippen molar-refractivity contribution in [1.29, 1.82) is 0 Å². The molecule has 2 aromatic carbocycles. The molecule has 1 fully saturated rings. The van der Waals surface area contributed by atoms with Crippen molar-refractivity contribution in [2.24, 2.45) is 0 Å². The van der Waals surface area contributed by atoms with Gasteiger partial charge in [-0.25, -0.2) is 12.8 Å². The van der Waals surface area contributed by atoms with Gasteiger partial charge in [-0.05, 0) is 42.0 Å². The van der Waals surface area contributed by atoms with Gasteiger partial charge in [0.05, 0.1) is 10.8 Å². The van der Waals surface area contributed by atoms with Crippen molar-refractivity contribution < 1.29 is 17.6 Å². The predicted octanol–water partition coefficient (Wildman–Crippen LogP) is 3.66. The molecule has 152 valence electrons. The number of carbonyl (C=O) groups excluding carboxylic acids is 1. The van der Waals surface area contributed by atoms with Gasteiger partial charge in [0.1, 0.15) is 5.82 Å². The molecular formula is C23H19FN2O3S. The van der Waals surface area contributed by atoms with Crippen molar-refractivity contribution in [3.05, 3.63) is 102 Å². The van der Waals surface area contributed by atoms with E-state index in [1.807, 2.05) is 0 Å². The van der Waals surface area contributed by atoms with Crippen LogP contribution in [0.4, 0.5) is 4.39 Å². The minimum atomic E-state index is -3.83. The van der Waals surface area contributed by atoms with E-state index in [9.17, 15) is 17.6 Å². The smallest absolute Gasteiger partial charge is 0.243 e. The summed E-state index contributed by atoms with van der Waals surface area (Å²) in [6, 6.07) is 17.6. The van der Waals surface area contributed by atoms with Gasteiger partial charge in [0.25, 0.3) is 0 Å². The number of rotatable bonds is 4. The molecule has 30 heavy (non-hydrogen) atoms. The van der Waals surface area contributed by atoms with Crippen molar-refractivity contribution in [2.75, 3.05) is 13.1 Å². The summed E-state index contributed by atoms with van der Waals surface area (Å²) in [5.41, 5.74) is 1.16. The van der Waals surface area contributed by atoms with Gasteiger partial charge in [-0.15, -0.1) is 0 Å². The standard InChI is InChI=1S/C23H19FN2O3S/c24-22-9-5-4-6-18(22)14-19-15-26(30(28,29)20-7-2-1-3-8-20)16-21(23(19)27)17-10-12-25-13-11-17/h1-14,21H,15-16H2. The molecule has 0 N–H and O–H groups in total. The van der Waals surface area contributed by atoms with Crippen molar-refractivity contribution in [2.45, 2.75) is 10.8 Å². The average molecular weight is 422 g/mol. The van der Waals surface area contributed by atoms with Crippen LogP contribution in [0.3, 0.4) is 0 Å². The van der Waals surface area contributed by atoms with Crippen LogP contribution in [0.2, 0.25) is 0 Å². The number of hydrogen-bond donors (Lipinski definition) is 0. The third-order valence-electron chi connectivity index (χ3n) is 5.09. The van der Waals surface area contributed by atoms with Crippen LogP contribution in [0.1, 0.15) is 17.0 Å². The van der Waals surface area contributed by atoms with E-state index < -0.39 is 21.8 Å². The molecule has 7 heteroatoms. The number of carbonyl (C=O) groups is 1. The third kappa shape index (κ3) is 3.94. The molecule has 1 atom stereocenters. The fourth-order valence-corrected chi connectivity index (χ4v) is 4.97. The zero-order valence-electron chi connectivity index (χ0n) is 16.0. The molecule has 0 saturated carbocycles. The number of ketones is 1. The van der Waals surface area contributed by atoms with Gasteiger partial charge in [-0.1, -0.05) is 36.4 Å². The Labute approximate surface area is 174 Å². The Hall–Kier alpha value is -3.16. The summed E-state index contributed by atoms with van der Waals surface area (Å²) >= 11 is 0. The minimum absolute atomic E-state index is 0.00862. The van der Waals surface area contributed by atoms with Crippen LogP contribution >= 0.6 is 0 Å². The van der Waals surface area contributed by atoms with E-state index in [1.54, 1.807) is 60.9 Å². The monoisotopic (exact) mass is 422 g/mol. The number of halogens is 1. The Morgan fingerprint density at radius 3 is 2.33 bits per heavy atom. The van der Waals surface area contributed by atoms with Crippen molar-refractivity contribution in [1.82, 2.24) is 9.29 Å². The second-order valence-corrected chi connectivity index (χ2v) is 8.94. The van der Waals surface area contributed by atoms with Crippen LogP contribution in [0, 0.1) is 5.82 Å². The molecule has 0 radical (unpaired) electrons. The Bertz CT molecular complexity index is 1200. The molecule has 5 nitrogen and oxygen atoms in total. The van der Waals surface area contributed by atoms with Crippen molar-refractivity contribution in [3.63, 3.8) is 0 Å². The van der Waals surface area contributed by atoms with Gasteiger partial charge in [0.2, 0.25) is 10.0 Å². The Morgan fingerprint density at radius 1 is 0.967 bits per heavy atom. The molecule has 0 bridgehead atoms. The van der Waals surface area contributed by atoms with E-state index in [-0.39, 0.29) is 34.9 Å². The molecule has 1 saturated heterocycles. The minimum Gasteiger partial charge on any atom is -0.294 e. The first-order valence-electron chi connectivity index (χ1n) is 9.41. The second-order valence-electron chi connectivity index (χ2n) is 7.00. The van der Waals surface area contributed by atoms with Gasteiger partial charge < -0.3 is 0 Å². The number of Topliss-reactive ketones (excluding diaryl/α,β-unsaturated/α-hetero) is 1. The molecule has 1 aliphatic heterocycles. The number of sulfonamides is 1. The third-order valence-corrected chi connectivity index (χ3v) is 6.92. The number of nitrogens with zero attached hydrogens (tertiary/aromatic N) is 2. The quantitative estimate of drug-likeness (QED) is 0.602. The first kappa shape index (κ1) is 20.1. The summed E-state index contributed by atoms with van der Waals surface area (Å²) in [7, 11) is -3.83. The lowest BCUT2D eigenvalue weighted by atomic mass is 9.87. The highest BCUT2D eigenvalue weighted by atomic mass is 32.2. The van der Waals surface area contributed by atoms with E-state index in [4.69, 9.17) is 0 Å². The maximum absolute atomic E-state index is 14.2. The average Bonchev–Trinajstić information content (AvgIpc) is 2.77. The van der Waals surface area contributed by atoms with Crippen molar-refractivity contribution in [3.8, 4) is 0 Å². The summed E-state index contributed by atoms with van der Waals surface area (Å²) in [6.07, 6.45) is 4.57. The van der Waals surface area contributed by atoms with E-state index >= 15 is 0 Å². The zero-order chi connectivity index (χ0) is 21.1. The van der Waals surface area contributed by atoms with Crippen LogP contribution in [-0.2, 0) is 14.8 Å². The first-order valence-corrected chi connectivity index (χ1v) is 10.9. The van der Waals surface area contributed by atoms with E-state index in [0.29, 0.717) is 5.56 Å². The lowest BCUT2D eigenvalue weighted by Gasteiger charge is -2.33. The molecule has 1 aromatic heterocycles. The van der Waals surface area contributed by atoms with Crippen molar-refractivity contribution >= 4 is 21.9 Å². The van der Waals surface area contributed by atoms with Crippen LogP contribution in [0.25, 0.3) is 6.08 Å². The summed E-state index contributed by atoms with van der Waals surface area (Å²) in [6.45, 7) is -0.110. The number of pyridine rings is 1.